The maximum atomic E-state index is 13.1. The van der Waals surface area contributed by atoms with Crippen LogP contribution in [-0.2, 0) is 14.3 Å². The lowest BCUT2D eigenvalue weighted by Crippen LogP contribution is -2.46. The van der Waals surface area contributed by atoms with E-state index in [4.69, 9.17) is 4.74 Å². The van der Waals surface area contributed by atoms with Crippen LogP contribution in [0.5, 0.6) is 0 Å². The fourth-order valence-electron chi connectivity index (χ4n) is 7.78. The molecule has 6 nitrogen and oxygen atoms in total. The van der Waals surface area contributed by atoms with E-state index >= 15 is 0 Å². The lowest BCUT2D eigenvalue weighted by atomic mass is 10.0. The lowest BCUT2D eigenvalue weighted by Gasteiger charge is -2.24. The largest absolute Gasteiger partial charge is 0.462 e. The van der Waals surface area contributed by atoms with E-state index in [2.05, 4.69) is 38.2 Å². The Morgan fingerprint density at radius 1 is 0.500 bits per heavy atom. The number of amides is 1. The van der Waals surface area contributed by atoms with Gasteiger partial charge in [-0.05, 0) is 51.4 Å². The van der Waals surface area contributed by atoms with E-state index in [0.717, 1.165) is 57.8 Å². The van der Waals surface area contributed by atoms with Crippen LogP contribution in [-0.4, -0.2) is 46.9 Å². The molecule has 0 aliphatic heterocycles. The van der Waals surface area contributed by atoms with Crippen molar-refractivity contribution in [3.05, 3.63) is 12.2 Å². The molecule has 0 rings (SSSR count). The van der Waals surface area contributed by atoms with Gasteiger partial charge in [0.05, 0.1) is 25.2 Å². The van der Waals surface area contributed by atoms with Crippen LogP contribution < -0.4 is 5.32 Å². The summed E-state index contributed by atoms with van der Waals surface area (Å²) >= 11 is 0. The molecule has 332 valence electrons. The summed E-state index contributed by atoms with van der Waals surface area (Å²) in [5, 5.41) is 23.6. The van der Waals surface area contributed by atoms with E-state index in [9.17, 15) is 19.8 Å². The molecule has 0 saturated heterocycles. The summed E-state index contributed by atoms with van der Waals surface area (Å²) in [6.45, 7) is 6.47. The Hall–Kier alpha value is -1.40. The molecule has 1 amide bonds. The molecule has 0 bridgehead atoms. The number of aliphatic hydroxyl groups is 2. The molecular weight excluding hydrogens is 695 g/mol. The monoisotopic (exact) mass is 792 g/mol. The summed E-state index contributed by atoms with van der Waals surface area (Å²) in [6, 6.07) is -0.694. The maximum absolute atomic E-state index is 13.1. The van der Waals surface area contributed by atoms with Gasteiger partial charge in [-0.25, -0.2) is 0 Å². The van der Waals surface area contributed by atoms with Crippen LogP contribution in [0.25, 0.3) is 0 Å². The number of carbonyl (C=O) groups is 2. The highest BCUT2D eigenvalue weighted by Crippen LogP contribution is 2.18. The predicted molar refractivity (Wildman–Crippen MR) is 241 cm³/mol. The van der Waals surface area contributed by atoms with Gasteiger partial charge in [0.2, 0.25) is 5.91 Å². The Morgan fingerprint density at radius 2 is 0.857 bits per heavy atom. The first kappa shape index (κ1) is 54.6. The lowest BCUT2D eigenvalue weighted by molar-refractivity contribution is -0.151. The number of nitrogens with one attached hydrogen (secondary N) is 1. The Kier molecular flexibility index (Phi) is 43.6. The molecule has 0 aromatic rings. The molecule has 0 spiro atoms. The van der Waals surface area contributed by atoms with Crippen molar-refractivity contribution in [1.82, 2.24) is 5.32 Å². The molecule has 0 heterocycles. The quantitative estimate of drug-likeness (QED) is 0.0324. The second kappa shape index (κ2) is 44.7. The predicted octanol–water partition coefficient (Wildman–Crippen LogP) is 14.6. The van der Waals surface area contributed by atoms with Gasteiger partial charge in [-0.3, -0.25) is 9.59 Å². The number of allylic oxidation sites excluding steroid dienone is 2. The number of rotatable bonds is 45. The molecule has 56 heavy (non-hydrogen) atoms. The fourth-order valence-corrected chi connectivity index (χ4v) is 7.78. The average Bonchev–Trinajstić information content (AvgIpc) is 3.19. The van der Waals surface area contributed by atoms with Crippen LogP contribution in [0.2, 0.25) is 0 Å². The minimum absolute atomic E-state index is 0.0810. The third-order valence-electron chi connectivity index (χ3n) is 11.6. The first-order valence-corrected chi connectivity index (χ1v) is 24.9. The summed E-state index contributed by atoms with van der Waals surface area (Å²) in [6.07, 6.45) is 48.4. The SMILES string of the molecule is CCCCCCCC/C=C/CCCCCCCCCC(CC(=O)NC(CO)C(O)CCCCCCCCCCC)OC(=O)CCCCCCCCCCCCC. The molecule has 0 saturated carbocycles. The van der Waals surface area contributed by atoms with Gasteiger partial charge >= 0.3 is 5.97 Å². The standard InChI is InChI=1S/C50H97NO5/c1-4-7-10-13-16-19-21-22-23-24-25-26-28-30-32-35-38-41-46(56-50(55)43-40-37-34-31-27-20-17-14-11-8-5-2)44-49(54)51-47(45-52)48(53)42-39-36-33-29-18-15-12-9-6-3/h22-23,46-48,52-53H,4-21,24-45H2,1-3H3,(H,51,54)/b23-22+. The third kappa shape index (κ3) is 39.4. The first-order valence-electron chi connectivity index (χ1n) is 24.9. The minimum atomic E-state index is -0.781. The van der Waals surface area contributed by atoms with Crippen LogP contribution in [0.15, 0.2) is 12.2 Å². The first-order chi connectivity index (χ1) is 27.5. The van der Waals surface area contributed by atoms with Crippen LogP contribution in [0.4, 0.5) is 0 Å². The summed E-state index contributed by atoms with van der Waals surface area (Å²) < 4.78 is 5.92. The highest BCUT2D eigenvalue weighted by atomic mass is 16.5. The van der Waals surface area contributed by atoms with Gasteiger partial charge in [-0.15, -0.1) is 0 Å². The Labute approximate surface area is 349 Å². The van der Waals surface area contributed by atoms with Crippen LogP contribution in [0.1, 0.15) is 271 Å². The second-order valence-corrected chi connectivity index (χ2v) is 17.2. The van der Waals surface area contributed by atoms with Gasteiger partial charge in [0.15, 0.2) is 0 Å². The van der Waals surface area contributed by atoms with Gasteiger partial charge in [0.1, 0.15) is 6.10 Å². The molecular formula is C50H97NO5. The van der Waals surface area contributed by atoms with Crippen molar-refractivity contribution >= 4 is 11.9 Å². The number of unbranched alkanes of at least 4 members (excludes halogenated alkanes) is 31. The smallest absolute Gasteiger partial charge is 0.306 e. The van der Waals surface area contributed by atoms with Crippen molar-refractivity contribution < 1.29 is 24.5 Å². The van der Waals surface area contributed by atoms with Crippen molar-refractivity contribution in [2.75, 3.05) is 6.61 Å². The van der Waals surface area contributed by atoms with E-state index in [1.165, 1.54) is 167 Å². The number of hydrogen-bond acceptors (Lipinski definition) is 5. The van der Waals surface area contributed by atoms with Gasteiger partial charge in [-0.2, -0.15) is 0 Å². The Morgan fingerprint density at radius 3 is 1.27 bits per heavy atom. The molecule has 3 unspecified atom stereocenters. The van der Waals surface area contributed by atoms with Gasteiger partial charge < -0.3 is 20.3 Å². The van der Waals surface area contributed by atoms with E-state index in [-0.39, 0.29) is 24.9 Å². The van der Waals surface area contributed by atoms with E-state index in [1.54, 1.807) is 0 Å². The van der Waals surface area contributed by atoms with Crippen LogP contribution in [0, 0.1) is 0 Å². The second-order valence-electron chi connectivity index (χ2n) is 17.2. The number of esters is 1. The van der Waals surface area contributed by atoms with Crippen LogP contribution >= 0.6 is 0 Å². The Bertz CT molecular complexity index is 847. The number of ether oxygens (including phenoxy) is 1. The third-order valence-corrected chi connectivity index (χ3v) is 11.6. The zero-order chi connectivity index (χ0) is 41.0. The minimum Gasteiger partial charge on any atom is -0.462 e. The van der Waals surface area contributed by atoms with Crippen molar-refractivity contribution in [1.29, 1.82) is 0 Å². The number of aliphatic hydroxyl groups excluding tert-OH is 2. The molecule has 6 heteroatoms. The molecule has 3 atom stereocenters. The fraction of sp³-hybridized carbons (Fsp3) is 0.920. The molecule has 0 radical (unpaired) electrons. The van der Waals surface area contributed by atoms with Gasteiger partial charge in [0, 0.05) is 6.42 Å². The zero-order valence-corrected chi connectivity index (χ0v) is 37.8. The van der Waals surface area contributed by atoms with Gasteiger partial charge in [-0.1, -0.05) is 219 Å². The topological polar surface area (TPSA) is 95.9 Å². The van der Waals surface area contributed by atoms with Crippen molar-refractivity contribution in [2.24, 2.45) is 0 Å². The summed E-state index contributed by atoms with van der Waals surface area (Å²) in [4.78, 5) is 26.0. The molecule has 0 aromatic heterocycles. The van der Waals surface area contributed by atoms with E-state index in [0.29, 0.717) is 19.3 Å². The molecule has 0 aliphatic rings. The summed E-state index contributed by atoms with van der Waals surface area (Å²) in [5.41, 5.74) is 0. The summed E-state index contributed by atoms with van der Waals surface area (Å²) in [7, 11) is 0. The highest BCUT2D eigenvalue weighted by molar-refractivity contribution is 5.77. The summed E-state index contributed by atoms with van der Waals surface area (Å²) in [5.74, 6) is -0.465. The molecule has 3 N–H and O–H groups in total. The Balaban J connectivity index is 4.54. The zero-order valence-electron chi connectivity index (χ0n) is 37.8. The highest BCUT2D eigenvalue weighted by Gasteiger charge is 2.24. The van der Waals surface area contributed by atoms with Crippen molar-refractivity contribution in [2.45, 2.75) is 289 Å². The average molecular weight is 792 g/mol. The molecule has 0 aromatic carbocycles. The number of hydrogen-bond donors (Lipinski definition) is 3. The van der Waals surface area contributed by atoms with Crippen LogP contribution in [0.3, 0.4) is 0 Å². The maximum Gasteiger partial charge on any atom is 0.306 e. The molecule has 0 aliphatic carbocycles. The molecule has 0 fully saturated rings. The van der Waals surface area contributed by atoms with Crippen molar-refractivity contribution in [3.63, 3.8) is 0 Å². The van der Waals surface area contributed by atoms with E-state index < -0.39 is 18.2 Å². The van der Waals surface area contributed by atoms with Gasteiger partial charge in [0.25, 0.3) is 0 Å². The number of carbonyl (C=O) groups excluding carboxylic acids is 2. The van der Waals surface area contributed by atoms with Crippen molar-refractivity contribution in [3.8, 4) is 0 Å². The van der Waals surface area contributed by atoms with E-state index in [1.807, 2.05) is 0 Å². The normalized spacial score (nSPS) is 13.3.